The highest BCUT2D eigenvalue weighted by Gasteiger charge is 2.52. The molecule has 294 valence electrons. The van der Waals surface area contributed by atoms with E-state index in [9.17, 15) is 9.59 Å². The number of hydrogen-bond acceptors (Lipinski definition) is 10. The van der Waals surface area contributed by atoms with E-state index in [4.69, 9.17) is 37.9 Å². The summed E-state index contributed by atoms with van der Waals surface area (Å²) < 4.78 is 49.6. The fourth-order valence-corrected chi connectivity index (χ4v) is 6.85. The van der Waals surface area contributed by atoms with E-state index < -0.39 is 61.2 Å². The molecule has 0 radical (unpaired) electrons. The quantitative estimate of drug-likeness (QED) is 0.100. The Morgan fingerprint density at radius 2 is 1.44 bits per heavy atom. The van der Waals surface area contributed by atoms with E-state index in [0.29, 0.717) is 0 Å². The van der Waals surface area contributed by atoms with Crippen molar-refractivity contribution in [3.05, 3.63) is 156 Å². The SMILES string of the molecule is COC(=O)[C@@H](NC(=O)OCc1ccccc1)[C@@H](C)O[C@@H]1O[C@@H]2CO[C@@H](c3ccccc3)O[C@H]2[C@H](OCC#Cc2cccc3ccccc23)[C@@H]1OCc1ccccc1. The molecule has 2 saturated heterocycles. The van der Waals surface area contributed by atoms with Crippen LogP contribution in [0.15, 0.2) is 133 Å². The molecule has 1 amide bonds. The lowest BCUT2D eigenvalue weighted by molar-refractivity contribution is -0.375. The van der Waals surface area contributed by atoms with Crippen molar-refractivity contribution in [3.63, 3.8) is 0 Å². The van der Waals surface area contributed by atoms with E-state index in [1.54, 1.807) is 6.92 Å². The van der Waals surface area contributed by atoms with Gasteiger partial charge in [0.2, 0.25) is 0 Å². The number of amides is 1. The molecule has 0 aliphatic carbocycles. The van der Waals surface area contributed by atoms with Crippen LogP contribution in [0.1, 0.15) is 35.5 Å². The summed E-state index contributed by atoms with van der Waals surface area (Å²) in [6.45, 7) is 2.01. The molecular formula is C46H45NO10. The summed E-state index contributed by atoms with van der Waals surface area (Å²) in [4.78, 5) is 26.1. The van der Waals surface area contributed by atoms with E-state index in [0.717, 1.165) is 33.0 Å². The first kappa shape index (κ1) is 39.6. The van der Waals surface area contributed by atoms with Gasteiger partial charge >= 0.3 is 12.1 Å². The van der Waals surface area contributed by atoms with E-state index >= 15 is 0 Å². The van der Waals surface area contributed by atoms with Gasteiger partial charge in [-0.3, -0.25) is 0 Å². The second kappa shape index (κ2) is 19.5. The average molecular weight is 772 g/mol. The lowest BCUT2D eigenvalue weighted by Crippen LogP contribution is -2.64. The number of fused-ring (bicyclic) bond motifs is 2. The molecule has 2 aliphatic rings. The molecule has 57 heavy (non-hydrogen) atoms. The van der Waals surface area contributed by atoms with Crippen LogP contribution in [-0.4, -0.2) is 75.2 Å². The highest BCUT2D eigenvalue weighted by Crippen LogP contribution is 2.37. The summed E-state index contributed by atoms with van der Waals surface area (Å²) in [6.07, 6.45) is -6.61. The molecule has 11 nitrogen and oxygen atoms in total. The van der Waals surface area contributed by atoms with E-state index in [-0.39, 0.29) is 26.4 Å². The summed E-state index contributed by atoms with van der Waals surface area (Å²) in [7, 11) is 1.23. The maximum Gasteiger partial charge on any atom is 0.408 e. The fraction of sp³-hybridized carbons (Fsp3) is 0.304. The molecule has 7 rings (SSSR count). The van der Waals surface area contributed by atoms with Crippen LogP contribution >= 0.6 is 0 Å². The van der Waals surface area contributed by atoms with Gasteiger partial charge in [-0.15, -0.1) is 0 Å². The number of nitrogens with one attached hydrogen (secondary N) is 1. The number of ether oxygens (including phenoxy) is 8. The van der Waals surface area contributed by atoms with Crippen molar-refractivity contribution in [1.82, 2.24) is 5.32 Å². The van der Waals surface area contributed by atoms with Gasteiger partial charge in [-0.05, 0) is 34.9 Å². The van der Waals surface area contributed by atoms with Crippen molar-refractivity contribution in [3.8, 4) is 11.8 Å². The number of hydrogen-bond donors (Lipinski definition) is 1. The Morgan fingerprint density at radius 3 is 2.18 bits per heavy atom. The smallest absolute Gasteiger partial charge is 0.408 e. The van der Waals surface area contributed by atoms with Crippen molar-refractivity contribution >= 4 is 22.8 Å². The second-order valence-electron chi connectivity index (χ2n) is 13.6. The van der Waals surface area contributed by atoms with Gasteiger partial charge < -0.3 is 43.2 Å². The third-order valence-electron chi connectivity index (χ3n) is 9.76. The highest BCUT2D eigenvalue weighted by atomic mass is 16.8. The number of esters is 1. The Balaban J connectivity index is 1.15. The highest BCUT2D eigenvalue weighted by molar-refractivity contribution is 5.88. The summed E-state index contributed by atoms with van der Waals surface area (Å²) in [6, 6.07) is 41.3. The van der Waals surface area contributed by atoms with Crippen LogP contribution in [0.5, 0.6) is 0 Å². The van der Waals surface area contributed by atoms with Gasteiger partial charge in [0.05, 0.1) is 26.4 Å². The van der Waals surface area contributed by atoms with Crippen LogP contribution in [0, 0.1) is 11.8 Å². The Bertz CT molecular complexity index is 2120. The molecule has 0 spiro atoms. The lowest BCUT2D eigenvalue weighted by Gasteiger charge is -2.49. The summed E-state index contributed by atoms with van der Waals surface area (Å²) in [5.41, 5.74) is 3.41. The summed E-state index contributed by atoms with van der Waals surface area (Å²) in [5.74, 6) is 5.74. The number of methoxy groups -OCH3 is 1. The summed E-state index contributed by atoms with van der Waals surface area (Å²) in [5, 5.41) is 4.74. The second-order valence-corrected chi connectivity index (χ2v) is 13.6. The van der Waals surface area contributed by atoms with Crippen molar-refractivity contribution in [2.75, 3.05) is 20.3 Å². The monoisotopic (exact) mass is 771 g/mol. The predicted molar refractivity (Wildman–Crippen MR) is 210 cm³/mol. The normalized spacial score (nSPS) is 22.6. The first-order valence-electron chi connectivity index (χ1n) is 18.9. The van der Waals surface area contributed by atoms with Gasteiger partial charge in [0.25, 0.3) is 0 Å². The van der Waals surface area contributed by atoms with Crippen LogP contribution in [0.2, 0.25) is 0 Å². The average Bonchev–Trinajstić information content (AvgIpc) is 3.26. The summed E-state index contributed by atoms with van der Waals surface area (Å²) >= 11 is 0. The van der Waals surface area contributed by atoms with Crippen LogP contribution < -0.4 is 5.32 Å². The number of carbonyl (C=O) groups is 2. The molecule has 11 heteroatoms. The standard InChI is InChI=1S/C46H45NO10/c1-31(39(43(48)50-2)47-46(49)54-29-33-18-8-4-9-19-33)55-45-42(52-28-32-16-6-3-7-17-32)41(40-38(56-45)30-53-44(57-40)36-21-10-5-11-22-36)51-27-15-25-35-24-14-23-34-20-12-13-26-37(34)35/h3-14,16-24,26,31,38-42,44-45H,27-30H2,1-2H3,(H,47,49)/t31-,38-,39+,40-,41+,42+,44-,45-/m1/s1. The van der Waals surface area contributed by atoms with Gasteiger partial charge in [-0.1, -0.05) is 139 Å². The molecule has 0 saturated carbocycles. The Labute approximate surface area is 332 Å². The zero-order valence-corrected chi connectivity index (χ0v) is 31.7. The minimum atomic E-state index is -1.26. The number of benzene rings is 5. The first-order chi connectivity index (χ1) is 28.0. The largest absolute Gasteiger partial charge is 0.467 e. The molecule has 0 bridgehead atoms. The number of rotatable bonds is 13. The molecule has 2 heterocycles. The van der Waals surface area contributed by atoms with Crippen molar-refractivity contribution in [2.24, 2.45) is 0 Å². The van der Waals surface area contributed by atoms with Crippen molar-refractivity contribution < 1.29 is 47.5 Å². The van der Waals surface area contributed by atoms with Gasteiger partial charge in [0.15, 0.2) is 18.6 Å². The topological polar surface area (TPSA) is 120 Å². The molecule has 0 aromatic heterocycles. The maximum atomic E-state index is 13.1. The van der Waals surface area contributed by atoms with E-state index in [1.807, 2.05) is 121 Å². The number of alkyl carbamates (subject to hydrolysis) is 1. The maximum absolute atomic E-state index is 13.1. The van der Waals surface area contributed by atoms with E-state index in [1.165, 1.54) is 7.11 Å². The Hall–Kier alpha value is -5.58. The Kier molecular flexibility index (Phi) is 13.6. The van der Waals surface area contributed by atoms with Gasteiger partial charge in [-0.25, -0.2) is 9.59 Å². The zero-order valence-electron chi connectivity index (χ0n) is 31.7. The predicted octanol–water partition coefficient (Wildman–Crippen LogP) is 6.87. The van der Waals surface area contributed by atoms with Crippen LogP contribution in [0.25, 0.3) is 10.8 Å². The lowest BCUT2D eigenvalue weighted by atomic mass is 9.97. The third-order valence-corrected chi connectivity index (χ3v) is 9.76. The fourth-order valence-electron chi connectivity index (χ4n) is 6.85. The number of carbonyl (C=O) groups excluding carboxylic acids is 2. The molecular weight excluding hydrogens is 727 g/mol. The van der Waals surface area contributed by atoms with Crippen LogP contribution in [0.4, 0.5) is 4.79 Å². The molecule has 0 unspecified atom stereocenters. The van der Waals surface area contributed by atoms with E-state index in [2.05, 4.69) is 29.3 Å². The van der Waals surface area contributed by atoms with Crippen molar-refractivity contribution in [1.29, 1.82) is 0 Å². The third kappa shape index (κ3) is 10.2. The van der Waals surface area contributed by atoms with Crippen LogP contribution in [0.3, 0.4) is 0 Å². The molecule has 8 atom stereocenters. The van der Waals surface area contributed by atoms with Crippen molar-refractivity contribution in [2.45, 2.75) is 69.3 Å². The van der Waals surface area contributed by atoms with Gasteiger partial charge in [-0.2, -0.15) is 0 Å². The van der Waals surface area contributed by atoms with Gasteiger partial charge in [0.1, 0.15) is 37.6 Å². The molecule has 5 aromatic carbocycles. The minimum absolute atomic E-state index is 0.00634. The first-order valence-corrected chi connectivity index (χ1v) is 18.9. The Morgan fingerprint density at radius 1 is 0.772 bits per heavy atom. The molecule has 2 fully saturated rings. The zero-order chi connectivity index (χ0) is 39.4. The van der Waals surface area contributed by atoms with Gasteiger partial charge in [0, 0.05) is 11.1 Å². The minimum Gasteiger partial charge on any atom is -0.467 e. The molecule has 2 aliphatic heterocycles. The molecule has 5 aromatic rings. The molecule has 1 N–H and O–H groups in total. The van der Waals surface area contributed by atoms with Crippen LogP contribution in [-0.2, 0) is 55.9 Å².